The highest BCUT2D eigenvalue weighted by molar-refractivity contribution is 7.90. The van der Waals surface area contributed by atoms with E-state index in [0.717, 1.165) is 12.3 Å². The van der Waals surface area contributed by atoms with Crippen molar-refractivity contribution in [3.05, 3.63) is 52.5 Å². The first kappa shape index (κ1) is 15.0. The zero-order valence-corrected chi connectivity index (χ0v) is 12.3. The van der Waals surface area contributed by atoms with Crippen LogP contribution in [0.3, 0.4) is 0 Å². The number of nitrogens with one attached hydrogen (secondary N) is 1. The van der Waals surface area contributed by atoms with E-state index in [9.17, 15) is 18.5 Å². The van der Waals surface area contributed by atoms with Crippen LogP contribution in [0.1, 0.15) is 18.7 Å². The lowest BCUT2D eigenvalue weighted by Gasteiger charge is -2.13. The molecule has 1 aromatic carbocycles. The first-order chi connectivity index (χ1) is 9.79. The van der Waals surface area contributed by atoms with Gasteiger partial charge in [0.25, 0.3) is 5.69 Å². The van der Waals surface area contributed by atoms with Crippen molar-refractivity contribution in [3.63, 3.8) is 0 Å². The number of hydrogen-bond donors (Lipinski definition) is 1. The largest absolute Gasteiger partial charge is 0.467 e. The van der Waals surface area contributed by atoms with Crippen LogP contribution >= 0.6 is 0 Å². The van der Waals surface area contributed by atoms with E-state index in [1.54, 1.807) is 19.1 Å². The van der Waals surface area contributed by atoms with E-state index in [2.05, 4.69) is 5.32 Å². The summed E-state index contributed by atoms with van der Waals surface area (Å²) in [5.41, 5.74) is -0.0624. The molecule has 2 rings (SSSR count). The number of nitro benzene ring substituents is 1. The van der Waals surface area contributed by atoms with Crippen LogP contribution in [0.2, 0.25) is 0 Å². The summed E-state index contributed by atoms with van der Waals surface area (Å²) in [6, 6.07) is 6.94. The fourth-order valence-electron chi connectivity index (χ4n) is 1.86. The zero-order valence-electron chi connectivity index (χ0n) is 11.4. The Hall–Kier alpha value is -2.35. The molecule has 0 amide bonds. The summed E-state index contributed by atoms with van der Waals surface area (Å²) in [6.45, 7) is 1.78. The van der Waals surface area contributed by atoms with E-state index in [0.29, 0.717) is 5.76 Å². The number of hydrogen-bond acceptors (Lipinski definition) is 6. The molecule has 0 radical (unpaired) electrons. The van der Waals surface area contributed by atoms with E-state index in [-0.39, 0.29) is 22.3 Å². The molecule has 1 heterocycles. The summed E-state index contributed by atoms with van der Waals surface area (Å²) in [6.07, 6.45) is 2.51. The van der Waals surface area contributed by atoms with E-state index in [1.165, 1.54) is 18.4 Å². The van der Waals surface area contributed by atoms with Gasteiger partial charge < -0.3 is 9.73 Å². The highest BCUT2D eigenvalue weighted by atomic mass is 32.2. The van der Waals surface area contributed by atoms with Gasteiger partial charge in [0.1, 0.15) is 11.4 Å². The lowest BCUT2D eigenvalue weighted by molar-refractivity contribution is -0.384. The van der Waals surface area contributed by atoms with Gasteiger partial charge in [-0.1, -0.05) is 0 Å². The highest BCUT2D eigenvalue weighted by Crippen LogP contribution is 2.30. The van der Waals surface area contributed by atoms with Crippen LogP contribution in [0.4, 0.5) is 11.4 Å². The standard InChI is InChI=1S/C13H14N2O5S/c1-9(13-4-3-7-20-13)14-11-6-5-10(21(2,18)19)8-12(11)15(16)17/h3-9,14H,1-2H3/t9-/m0/s1. The Labute approximate surface area is 121 Å². The number of nitrogens with zero attached hydrogens (tertiary/aromatic N) is 1. The molecule has 112 valence electrons. The molecule has 21 heavy (non-hydrogen) atoms. The average molecular weight is 310 g/mol. The maximum absolute atomic E-state index is 11.5. The maximum Gasteiger partial charge on any atom is 0.293 e. The minimum absolute atomic E-state index is 0.0922. The summed E-state index contributed by atoms with van der Waals surface area (Å²) >= 11 is 0. The molecule has 0 fully saturated rings. The van der Waals surface area contributed by atoms with Crippen LogP contribution < -0.4 is 5.32 Å². The molecule has 0 aliphatic carbocycles. The van der Waals surface area contributed by atoms with E-state index >= 15 is 0 Å². The van der Waals surface area contributed by atoms with E-state index in [1.807, 2.05) is 0 Å². The molecule has 0 aliphatic rings. The molecule has 1 atom stereocenters. The van der Waals surface area contributed by atoms with Gasteiger partial charge in [-0.25, -0.2) is 8.42 Å². The van der Waals surface area contributed by atoms with Crippen molar-refractivity contribution in [2.24, 2.45) is 0 Å². The van der Waals surface area contributed by atoms with Crippen molar-refractivity contribution in [1.29, 1.82) is 0 Å². The van der Waals surface area contributed by atoms with Crippen molar-refractivity contribution < 1.29 is 17.8 Å². The van der Waals surface area contributed by atoms with E-state index < -0.39 is 14.8 Å². The first-order valence-electron chi connectivity index (χ1n) is 6.07. The van der Waals surface area contributed by atoms with Crippen LogP contribution in [0, 0.1) is 10.1 Å². The molecule has 0 spiro atoms. The quantitative estimate of drug-likeness (QED) is 0.673. The highest BCUT2D eigenvalue weighted by Gasteiger charge is 2.20. The lowest BCUT2D eigenvalue weighted by atomic mass is 10.2. The van der Waals surface area contributed by atoms with Crippen molar-refractivity contribution in [1.82, 2.24) is 0 Å². The summed E-state index contributed by atoms with van der Waals surface area (Å²) in [5, 5.41) is 14.1. The minimum Gasteiger partial charge on any atom is -0.467 e. The van der Waals surface area contributed by atoms with Gasteiger partial charge in [0.2, 0.25) is 0 Å². The monoisotopic (exact) mass is 310 g/mol. The Bertz CT molecular complexity index is 753. The summed E-state index contributed by atoms with van der Waals surface area (Å²) in [5.74, 6) is 0.622. The van der Waals surface area contributed by atoms with Gasteiger partial charge in [0.15, 0.2) is 9.84 Å². The van der Waals surface area contributed by atoms with E-state index in [4.69, 9.17) is 4.42 Å². The van der Waals surface area contributed by atoms with Crippen molar-refractivity contribution in [2.45, 2.75) is 17.9 Å². The maximum atomic E-state index is 11.5. The molecular weight excluding hydrogens is 296 g/mol. The third kappa shape index (κ3) is 3.40. The molecule has 0 aliphatic heterocycles. The molecule has 0 bridgehead atoms. The second kappa shape index (κ2) is 5.57. The number of rotatable bonds is 5. The molecule has 0 saturated carbocycles. The van der Waals surface area contributed by atoms with Crippen molar-refractivity contribution in [3.8, 4) is 0 Å². The molecule has 0 unspecified atom stereocenters. The van der Waals surface area contributed by atoms with Gasteiger partial charge in [-0.2, -0.15) is 0 Å². The number of sulfone groups is 1. The van der Waals surface area contributed by atoms with Crippen LogP contribution in [0.15, 0.2) is 45.9 Å². The van der Waals surface area contributed by atoms with Gasteiger partial charge in [-0.3, -0.25) is 10.1 Å². The predicted octanol–water partition coefficient (Wildman–Crippen LogP) is 2.76. The molecule has 0 saturated heterocycles. The fraction of sp³-hybridized carbons (Fsp3) is 0.231. The van der Waals surface area contributed by atoms with Crippen molar-refractivity contribution in [2.75, 3.05) is 11.6 Å². The van der Waals surface area contributed by atoms with Gasteiger partial charge in [-0.05, 0) is 31.2 Å². The third-order valence-corrected chi connectivity index (χ3v) is 4.05. The molecule has 2 aromatic rings. The summed E-state index contributed by atoms with van der Waals surface area (Å²) in [4.78, 5) is 10.4. The SMILES string of the molecule is C[C@H](Nc1ccc(S(C)(=O)=O)cc1[N+](=O)[O-])c1ccco1. The first-order valence-corrected chi connectivity index (χ1v) is 7.96. The Morgan fingerprint density at radius 2 is 2.05 bits per heavy atom. The minimum atomic E-state index is -3.50. The van der Waals surface area contributed by atoms with Crippen LogP contribution in [-0.2, 0) is 9.84 Å². The normalized spacial score (nSPS) is 12.9. The number of furan rings is 1. The van der Waals surface area contributed by atoms with Crippen LogP contribution in [0.25, 0.3) is 0 Å². The number of benzene rings is 1. The lowest BCUT2D eigenvalue weighted by Crippen LogP contribution is -2.08. The molecule has 8 heteroatoms. The Kier molecular flexibility index (Phi) is 3.99. The molecule has 7 nitrogen and oxygen atoms in total. The van der Waals surface area contributed by atoms with Gasteiger partial charge >= 0.3 is 0 Å². The average Bonchev–Trinajstić information content (AvgIpc) is 2.91. The second-order valence-corrected chi connectivity index (χ2v) is 6.61. The zero-order chi connectivity index (χ0) is 15.6. The summed E-state index contributed by atoms with van der Waals surface area (Å²) < 4.78 is 28.2. The Balaban J connectivity index is 2.38. The van der Waals surface area contributed by atoms with Crippen molar-refractivity contribution >= 4 is 21.2 Å². The van der Waals surface area contributed by atoms with Gasteiger partial charge in [0, 0.05) is 12.3 Å². The third-order valence-electron chi connectivity index (χ3n) is 2.94. The Morgan fingerprint density at radius 1 is 1.33 bits per heavy atom. The molecule has 1 N–H and O–H groups in total. The Morgan fingerprint density at radius 3 is 2.57 bits per heavy atom. The predicted molar refractivity (Wildman–Crippen MR) is 77.0 cm³/mol. The topological polar surface area (TPSA) is 102 Å². The van der Waals surface area contributed by atoms with Crippen LogP contribution in [0.5, 0.6) is 0 Å². The fourth-order valence-corrected chi connectivity index (χ4v) is 2.50. The van der Waals surface area contributed by atoms with Gasteiger partial charge in [-0.15, -0.1) is 0 Å². The molecular formula is C13H14N2O5S. The second-order valence-electron chi connectivity index (χ2n) is 4.59. The summed E-state index contributed by atoms with van der Waals surface area (Å²) in [7, 11) is -3.50. The smallest absolute Gasteiger partial charge is 0.293 e. The molecule has 1 aromatic heterocycles. The number of anilines is 1. The van der Waals surface area contributed by atoms with Crippen LogP contribution in [-0.4, -0.2) is 19.6 Å². The van der Waals surface area contributed by atoms with Gasteiger partial charge in [0.05, 0.1) is 22.1 Å². The number of nitro groups is 1.